The normalized spacial score (nSPS) is 10.7. The van der Waals surface area contributed by atoms with Crippen LogP contribution in [0, 0.1) is 13.8 Å². The second-order valence-corrected chi connectivity index (χ2v) is 5.08. The molecule has 3 rings (SSSR count). The van der Waals surface area contributed by atoms with E-state index in [0.29, 0.717) is 23.0 Å². The van der Waals surface area contributed by atoms with E-state index < -0.39 is 0 Å². The molecule has 1 amide bonds. The average molecular weight is 313 g/mol. The number of amides is 1. The molecule has 0 unspecified atom stereocenters. The summed E-state index contributed by atoms with van der Waals surface area (Å²) in [5.74, 6) is 1.52. The number of aromatic amines is 2. The van der Waals surface area contributed by atoms with Crippen molar-refractivity contribution in [3.8, 4) is 11.5 Å². The van der Waals surface area contributed by atoms with E-state index >= 15 is 0 Å². The van der Waals surface area contributed by atoms with E-state index in [1.807, 2.05) is 13.0 Å². The Morgan fingerprint density at radius 2 is 2.13 bits per heavy atom. The van der Waals surface area contributed by atoms with Gasteiger partial charge in [0, 0.05) is 12.1 Å². The number of carbonyl (C=O) groups excluding carboxylic acids is 1. The van der Waals surface area contributed by atoms with Crippen molar-refractivity contribution in [3.63, 3.8) is 0 Å². The number of rotatable bonds is 4. The lowest BCUT2D eigenvalue weighted by Gasteiger charge is -2.03. The van der Waals surface area contributed by atoms with Crippen LogP contribution < -0.4 is 10.9 Å². The zero-order valence-corrected chi connectivity index (χ0v) is 12.6. The van der Waals surface area contributed by atoms with Crippen LogP contribution in [-0.2, 0) is 6.54 Å². The molecule has 3 aromatic heterocycles. The van der Waals surface area contributed by atoms with Crippen LogP contribution in [0.15, 0.2) is 33.5 Å². The maximum absolute atomic E-state index is 12.1. The highest BCUT2D eigenvalue weighted by Gasteiger charge is 2.13. The zero-order valence-electron chi connectivity index (χ0n) is 12.6. The van der Waals surface area contributed by atoms with Crippen LogP contribution >= 0.6 is 0 Å². The quantitative estimate of drug-likeness (QED) is 0.671. The first-order valence-corrected chi connectivity index (χ1v) is 6.98. The molecule has 0 aromatic carbocycles. The van der Waals surface area contributed by atoms with E-state index in [1.165, 1.54) is 6.07 Å². The van der Waals surface area contributed by atoms with Gasteiger partial charge in [0.25, 0.3) is 11.5 Å². The second-order valence-electron chi connectivity index (χ2n) is 5.08. The van der Waals surface area contributed by atoms with Gasteiger partial charge in [0.1, 0.15) is 17.3 Å². The summed E-state index contributed by atoms with van der Waals surface area (Å²) in [6.45, 7) is 3.66. The number of furan rings is 1. The highest BCUT2D eigenvalue weighted by Crippen LogP contribution is 2.20. The molecule has 0 aliphatic heterocycles. The van der Waals surface area contributed by atoms with Crippen LogP contribution in [0.3, 0.4) is 0 Å². The molecular formula is C15H15N5O3. The van der Waals surface area contributed by atoms with E-state index in [2.05, 4.69) is 25.5 Å². The van der Waals surface area contributed by atoms with E-state index in [9.17, 15) is 9.59 Å². The van der Waals surface area contributed by atoms with Gasteiger partial charge in [0.15, 0.2) is 11.5 Å². The fraction of sp³-hybridized carbons (Fsp3) is 0.200. The van der Waals surface area contributed by atoms with Gasteiger partial charge in [-0.05, 0) is 26.0 Å². The monoisotopic (exact) mass is 313 g/mol. The fourth-order valence-electron chi connectivity index (χ4n) is 2.14. The molecule has 3 heterocycles. The second kappa shape index (κ2) is 5.91. The largest absolute Gasteiger partial charge is 0.460 e. The van der Waals surface area contributed by atoms with E-state index in [1.54, 1.807) is 19.1 Å². The molecule has 8 heteroatoms. The van der Waals surface area contributed by atoms with E-state index in [0.717, 1.165) is 5.76 Å². The first-order chi connectivity index (χ1) is 11.0. The van der Waals surface area contributed by atoms with Crippen molar-refractivity contribution >= 4 is 5.91 Å². The van der Waals surface area contributed by atoms with Gasteiger partial charge in [-0.25, -0.2) is 4.98 Å². The number of hydrogen-bond acceptors (Lipinski definition) is 5. The van der Waals surface area contributed by atoms with Crippen molar-refractivity contribution < 1.29 is 9.21 Å². The fourth-order valence-corrected chi connectivity index (χ4v) is 2.14. The van der Waals surface area contributed by atoms with Crippen molar-refractivity contribution in [2.45, 2.75) is 20.4 Å². The van der Waals surface area contributed by atoms with Gasteiger partial charge in [-0.3, -0.25) is 14.7 Å². The van der Waals surface area contributed by atoms with Gasteiger partial charge in [0.2, 0.25) is 0 Å². The first-order valence-electron chi connectivity index (χ1n) is 6.98. The highest BCUT2D eigenvalue weighted by molar-refractivity contribution is 5.93. The SMILES string of the molecule is Cc1nc(CNC(=O)c2cc(-c3ccc(C)o3)[nH]n2)cc(=O)[nH]1. The predicted octanol–water partition coefficient (Wildman–Crippen LogP) is 1.30. The molecule has 0 aliphatic rings. The van der Waals surface area contributed by atoms with Crippen LogP contribution in [-0.4, -0.2) is 26.1 Å². The molecule has 23 heavy (non-hydrogen) atoms. The van der Waals surface area contributed by atoms with Gasteiger partial charge in [-0.1, -0.05) is 0 Å². The smallest absolute Gasteiger partial charge is 0.272 e. The Bertz CT molecular complexity index is 906. The molecule has 0 saturated carbocycles. The summed E-state index contributed by atoms with van der Waals surface area (Å²) in [6, 6.07) is 6.57. The Balaban J connectivity index is 1.69. The lowest BCUT2D eigenvalue weighted by molar-refractivity contribution is 0.0945. The lowest BCUT2D eigenvalue weighted by Crippen LogP contribution is -2.25. The van der Waals surface area contributed by atoms with Crippen LogP contribution in [0.1, 0.15) is 27.8 Å². The molecule has 0 spiro atoms. The summed E-state index contributed by atoms with van der Waals surface area (Å²) in [6.07, 6.45) is 0. The number of H-pyrrole nitrogens is 2. The Hall–Kier alpha value is -3.16. The summed E-state index contributed by atoms with van der Waals surface area (Å²) in [4.78, 5) is 30.1. The van der Waals surface area contributed by atoms with Crippen LogP contribution in [0.2, 0.25) is 0 Å². The molecule has 118 valence electrons. The Labute approximate surface area is 131 Å². The zero-order chi connectivity index (χ0) is 16.4. The number of hydrogen-bond donors (Lipinski definition) is 3. The van der Waals surface area contributed by atoms with Crippen molar-refractivity contribution in [3.05, 3.63) is 57.6 Å². The van der Waals surface area contributed by atoms with Crippen molar-refractivity contribution in [2.24, 2.45) is 0 Å². The van der Waals surface area contributed by atoms with Gasteiger partial charge >= 0.3 is 0 Å². The van der Waals surface area contributed by atoms with E-state index in [-0.39, 0.29) is 23.7 Å². The third kappa shape index (κ3) is 3.37. The number of carbonyl (C=O) groups is 1. The molecule has 0 atom stereocenters. The number of aromatic nitrogens is 4. The van der Waals surface area contributed by atoms with Crippen molar-refractivity contribution in [2.75, 3.05) is 0 Å². The van der Waals surface area contributed by atoms with Gasteiger partial charge in [0.05, 0.1) is 12.2 Å². The molecule has 0 fully saturated rings. The molecule has 0 aliphatic carbocycles. The topological polar surface area (TPSA) is 117 Å². The minimum absolute atomic E-state index is 0.144. The summed E-state index contributed by atoms with van der Waals surface area (Å²) in [5, 5.41) is 9.39. The van der Waals surface area contributed by atoms with Crippen LogP contribution in [0.5, 0.6) is 0 Å². The Morgan fingerprint density at radius 3 is 2.83 bits per heavy atom. The lowest BCUT2D eigenvalue weighted by atomic mass is 10.3. The van der Waals surface area contributed by atoms with Gasteiger partial charge in [-0.15, -0.1) is 0 Å². The standard InChI is InChI=1S/C15H15N5O3/c1-8-3-4-13(23-8)11-6-12(20-19-11)15(22)16-7-10-5-14(21)18-9(2)17-10/h3-6H,7H2,1-2H3,(H,16,22)(H,19,20)(H,17,18,21). The van der Waals surface area contributed by atoms with Gasteiger partial charge in [-0.2, -0.15) is 5.10 Å². The minimum Gasteiger partial charge on any atom is -0.460 e. The molecule has 0 saturated heterocycles. The summed E-state index contributed by atoms with van der Waals surface area (Å²) >= 11 is 0. The maximum Gasteiger partial charge on any atom is 0.272 e. The van der Waals surface area contributed by atoms with Crippen molar-refractivity contribution in [1.82, 2.24) is 25.5 Å². The number of nitrogens with zero attached hydrogens (tertiary/aromatic N) is 2. The molecule has 3 N–H and O–H groups in total. The summed E-state index contributed by atoms with van der Waals surface area (Å²) in [7, 11) is 0. The highest BCUT2D eigenvalue weighted by atomic mass is 16.3. The predicted molar refractivity (Wildman–Crippen MR) is 81.8 cm³/mol. The molecule has 3 aromatic rings. The molecule has 0 bridgehead atoms. The summed E-state index contributed by atoms with van der Waals surface area (Å²) < 4.78 is 5.47. The van der Waals surface area contributed by atoms with Crippen LogP contribution in [0.4, 0.5) is 0 Å². The van der Waals surface area contributed by atoms with E-state index in [4.69, 9.17) is 4.42 Å². The maximum atomic E-state index is 12.1. The third-order valence-electron chi connectivity index (χ3n) is 3.16. The third-order valence-corrected chi connectivity index (χ3v) is 3.16. The minimum atomic E-state index is -0.365. The Morgan fingerprint density at radius 1 is 1.30 bits per heavy atom. The molecule has 0 radical (unpaired) electrons. The first kappa shape index (κ1) is 14.8. The molecule has 8 nitrogen and oxygen atoms in total. The number of nitrogens with one attached hydrogen (secondary N) is 3. The van der Waals surface area contributed by atoms with Gasteiger partial charge < -0.3 is 14.7 Å². The number of aryl methyl sites for hydroxylation is 2. The average Bonchev–Trinajstić information content (AvgIpc) is 3.12. The van der Waals surface area contributed by atoms with Crippen LogP contribution in [0.25, 0.3) is 11.5 Å². The summed E-state index contributed by atoms with van der Waals surface area (Å²) in [5.41, 5.74) is 1.08. The van der Waals surface area contributed by atoms with Crippen molar-refractivity contribution in [1.29, 1.82) is 0 Å². The molecular weight excluding hydrogens is 298 g/mol. The Kier molecular flexibility index (Phi) is 3.80.